The number of piperazine rings is 1. The summed E-state index contributed by atoms with van der Waals surface area (Å²) in [7, 11) is 1.35. The van der Waals surface area contributed by atoms with Crippen LogP contribution in [-0.2, 0) is 9.53 Å². The molecule has 2 heterocycles. The molecule has 0 bridgehead atoms. The van der Waals surface area contributed by atoms with E-state index in [2.05, 4.69) is 20.1 Å². The van der Waals surface area contributed by atoms with E-state index in [9.17, 15) is 9.59 Å². The zero-order valence-electron chi connectivity index (χ0n) is 18.9. The van der Waals surface area contributed by atoms with Crippen LogP contribution in [0.2, 0.25) is 0 Å². The minimum Gasteiger partial charge on any atom is -0.464 e. The maximum atomic E-state index is 13.2. The molecule has 0 spiro atoms. The van der Waals surface area contributed by atoms with Crippen LogP contribution in [0.5, 0.6) is 0 Å². The summed E-state index contributed by atoms with van der Waals surface area (Å²) < 4.78 is 4.93. The van der Waals surface area contributed by atoms with Crippen LogP contribution in [0.1, 0.15) is 55.1 Å². The lowest BCUT2D eigenvalue weighted by Crippen LogP contribution is -2.55. The molecule has 1 amide bonds. The maximum absolute atomic E-state index is 13.2. The van der Waals surface area contributed by atoms with Gasteiger partial charge in [0.05, 0.1) is 18.8 Å². The Kier molecular flexibility index (Phi) is 6.62. The van der Waals surface area contributed by atoms with Gasteiger partial charge in [0, 0.05) is 43.1 Å². The number of hydrogen-bond acceptors (Lipinski definition) is 5. The number of nitrogens with one attached hydrogen (secondary N) is 2. The summed E-state index contributed by atoms with van der Waals surface area (Å²) in [5, 5.41) is 3.84. The normalized spacial score (nSPS) is 20.0. The molecule has 168 valence electrons. The molecule has 4 rings (SSSR count). The van der Waals surface area contributed by atoms with Crippen molar-refractivity contribution < 1.29 is 14.3 Å². The Hall–Kier alpha value is -2.38. The largest absolute Gasteiger partial charge is 0.464 e. The monoisotopic (exact) mass is 426 g/mol. The van der Waals surface area contributed by atoms with Crippen molar-refractivity contribution in [1.29, 1.82) is 0 Å². The van der Waals surface area contributed by atoms with Gasteiger partial charge < -0.3 is 15.0 Å². The molecule has 1 saturated carbocycles. The molecule has 0 radical (unpaired) electrons. The van der Waals surface area contributed by atoms with Crippen LogP contribution in [0.25, 0.3) is 10.9 Å². The number of nitrogens with zero attached hydrogens (tertiary/aromatic N) is 2. The van der Waals surface area contributed by atoms with Crippen molar-refractivity contribution in [2.24, 2.45) is 0 Å². The number of methoxy groups -OCH3 is 1. The number of carbonyl (C=O) groups excluding carboxylic acids is 2. The number of fused-ring (bicyclic) bond motifs is 1. The Morgan fingerprint density at radius 3 is 2.52 bits per heavy atom. The van der Waals surface area contributed by atoms with Crippen LogP contribution in [0.4, 0.5) is 5.69 Å². The van der Waals surface area contributed by atoms with Gasteiger partial charge in [0.25, 0.3) is 0 Å². The van der Waals surface area contributed by atoms with Gasteiger partial charge in [-0.2, -0.15) is 0 Å². The van der Waals surface area contributed by atoms with Crippen LogP contribution < -0.4 is 5.32 Å². The lowest BCUT2D eigenvalue weighted by atomic mass is 9.94. The van der Waals surface area contributed by atoms with Crippen molar-refractivity contribution in [2.75, 3.05) is 38.6 Å². The summed E-state index contributed by atoms with van der Waals surface area (Å²) in [5.74, 6) is -0.587. The number of hydrogen-bond donors (Lipinski definition) is 2. The number of rotatable bonds is 5. The standard InChI is InChI=1S/C24H34N4O3/c1-16-9-10-20-19(15-16)21(22(25-20)24(30)31-3)26-23(29)17(2)27-11-13-28(14-12-27)18-7-5-4-6-8-18/h9-10,15,17-18,25H,4-8,11-14H2,1-3H3,(H,26,29)/t17-/m1/s1. The van der Waals surface area contributed by atoms with E-state index in [0.717, 1.165) is 48.7 Å². The molecule has 2 aliphatic rings. The molecule has 0 unspecified atom stereocenters. The van der Waals surface area contributed by atoms with Crippen molar-refractivity contribution in [2.45, 2.75) is 58.0 Å². The highest BCUT2D eigenvalue weighted by Crippen LogP contribution is 2.30. The summed E-state index contributed by atoms with van der Waals surface area (Å²) in [6.07, 6.45) is 6.68. The van der Waals surface area contributed by atoms with Gasteiger partial charge in [-0.1, -0.05) is 30.9 Å². The maximum Gasteiger partial charge on any atom is 0.356 e. The topological polar surface area (TPSA) is 77.7 Å². The fraction of sp³-hybridized carbons (Fsp3) is 0.583. The Balaban J connectivity index is 1.45. The van der Waals surface area contributed by atoms with Crippen LogP contribution in [-0.4, -0.2) is 72.0 Å². The third-order valence-electron chi connectivity index (χ3n) is 6.96. The molecule has 1 atom stereocenters. The van der Waals surface area contributed by atoms with E-state index in [1.54, 1.807) is 0 Å². The third-order valence-corrected chi connectivity index (χ3v) is 6.96. The number of aromatic nitrogens is 1. The van der Waals surface area contributed by atoms with E-state index in [4.69, 9.17) is 4.74 Å². The average Bonchev–Trinajstić information content (AvgIpc) is 3.16. The average molecular weight is 427 g/mol. The van der Waals surface area contributed by atoms with Crippen molar-refractivity contribution in [3.05, 3.63) is 29.5 Å². The number of carbonyl (C=O) groups is 2. The number of aromatic amines is 1. The molecule has 1 aliphatic carbocycles. The number of amides is 1. The highest BCUT2D eigenvalue weighted by atomic mass is 16.5. The minimum atomic E-state index is -0.488. The molecular weight excluding hydrogens is 392 g/mol. The van der Waals surface area contributed by atoms with Gasteiger partial charge in [0.1, 0.15) is 5.69 Å². The van der Waals surface area contributed by atoms with Crippen LogP contribution >= 0.6 is 0 Å². The van der Waals surface area contributed by atoms with Crippen molar-refractivity contribution >= 4 is 28.5 Å². The number of ether oxygens (including phenoxy) is 1. The number of anilines is 1. The second-order valence-electron chi connectivity index (χ2n) is 8.94. The molecule has 1 aliphatic heterocycles. The van der Waals surface area contributed by atoms with Gasteiger partial charge >= 0.3 is 5.97 Å². The Morgan fingerprint density at radius 1 is 1.13 bits per heavy atom. The highest BCUT2D eigenvalue weighted by Gasteiger charge is 2.30. The number of H-pyrrole nitrogens is 1. The van der Waals surface area contributed by atoms with Gasteiger partial charge in [0.15, 0.2) is 0 Å². The first-order valence-electron chi connectivity index (χ1n) is 11.5. The predicted molar refractivity (Wildman–Crippen MR) is 122 cm³/mol. The van der Waals surface area contributed by atoms with Crippen molar-refractivity contribution in [1.82, 2.24) is 14.8 Å². The van der Waals surface area contributed by atoms with Crippen LogP contribution in [0.15, 0.2) is 18.2 Å². The van der Waals surface area contributed by atoms with Crippen LogP contribution in [0, 0.1) is 6.92 Å². The van der Waals surface area contributed by atoms with E-state index in [-0.39, 0.29) is 17.6 Å². The Labute approximate surface area is 184 Å². The lowest BCUT2D eigenvalue weighted by Gasteiger charge is -2.42. The summed E-state index contributed by atoms with van der Waals surface area (Å²) in [6, 6.07) is 6.31. The highest BCUT2D eigenvalue weighted by molar-refractivity contribution is 6.11. The first kappa shape index (κ1) is 21.8. The van der Waals surface area contributed by atoms with Crippen LogP contribution in [0.3, 0.4) is 0 Å². The minimum absolute atomic E-state index is 0.0984. The summed E-state index contributed by atoms with van der Waals surface area (Å²) in [5.41, 5.74) is 2.65. The second kappa shape index (κ2) is 9.40. The first-order valence-corrected chi connectivity index (χ1v) is 11.5. The summed E-state index contributed by atoms with van der Waals surface area (Å²) >= 11 is 0. The van der Waals surface area contributed by atoms with Gasteiger partial charge in [0.2, 0.25) is 5.91 Å². The zero-order chi connectivity index (χ0) is 22.0. The quantitative estimate of drug-likeness (QED) is 0.715. The van der Waals surface area contributed by atoms with E-state index >= 15 is 0 Å². The smallest absolute Gasteiger partial charge is 0.356 e. The van der Waals surface area contributed by atoms with E-state index in [1.165, 1.54) is 39.2 Å². The van der Waals surface area contributed by atoms with Crippen molar-refractivity contribution in [3.63, 3.8) is 0 Å². The van der Waals surface area contributed by atoms with Gasteiger partial charge in [-0.15, -0.1) is 0 Å². The number of benzene rings is 1. The molecule has 7 heteroatoms. The van der Waals surface area contributed by atoms with Gasteiger partial charge in [-0.25, -0.2) is 4.79 Å². The zero-order valence-corrected chi connectivity index (χ0v) is 18.9. The summed E-state index contributed by atoms with van der Waals surface area (Å²) in [4.78, 5) is 33.4. The molecule has 31 heavy (non-hydrogen) atoms. The lowest BCUT2D eigenvalue weighted by molar-refractivity contribution is -0.121. The Morgan fingerprint density at radius 2 is 1.84 bits per heavy atom. The molecule has 7 nitrogen and oxygen atoms in total. The summed E-state index contributed by atoms with van der Waals surface area (Å²) in [6.45, 7) is 7.75. The third kappa shape index (κ3) is 4.62. The second-order valence-corrected chi connectivity index (χ2v) is 8.94. The number of esters is 1. The van der Waals surface area contributed by atoms with E-state index < -0.39 is 5.97 Å². The fourth-order valence-electron chi connectivity index (χ4n) is 5.02. The Bertz CT molecular complexity index is 940. The van der Waals surface area contributed by atoms with E-state index in [1.807, 2.05) is 32.0 Å². The molecule has 1 saturated heterocycles. The molecule has 1 aromatic carbocycles. The van der Waals surface area contributed by atoms with Gasteiger partial charge in [-0.05, 0) is 38.8 Å². The molecule has 1 aromatic heterocycles. The molecule has 2 aromatic rings. The predicted octanol–water partition coefficient (Wildman–Crippen LogP) is 3.54. The fourth-order valence-corrected chi connectivity index (χ4v) is 5.02. The SMILES string of the molecule is COC(=O)c1[nH]c2ccc(C)cc2c1NC(=O)[C@@H](C)N1CCN(C2CCCCC2)CC1. The molecule has 2 N–H and O–H groups in total. The van der Waals surface area contributed by atoms with E-state index in [0.29, 0.717) is 5.69 Å². The van der Waals surface area contributed by atoms with Gasteiger partial charge in [-0.3, -0.25) is 14.6 Å². The molecule has 2 fully saturated rings. The molecular formula is C24H34N4O3. The first-order chi connectivity index (χ1) is 15.0. The number of aryl methyl sites for hydroxylation is 1. The van der Waals surface area contributed by atoms with Crippen molar-refractivity contribution in [3.8, 4) is 0 Å².